The van der Waals surface area contributed by atoms with Crippen molar-refractivity contribution in [1.82, 2.24) is 14.8 Å². The summed E-state index contributed by atoms with van der Waals surface area (Å²) in [5, 5.41) is 18.5. The number of benzene rings is 2. The second kappa shape index (κ2) is 10.1. The van der Waals surface area contributed by atoms with Gasteiger partial charge in [0.15, 0.2) is 21.3 Å². The zero-order valence-corrected chi connectivity index (χ0v) is 20.7. The number of carbonyl (C=O) groups is 1. The molecule has 0 saturated carbocycles. The Morgan fingerprint density at radius 1 is 1.05 bits per heavy atom. The number of pyridine rings is 1. The molecular formula is C24H21N5O7S. The third-order valence-electron chi connectivity index (χ3n) is 5.14. The molecular weight excluding hydrogens is 502 g/mol. The van der Waals surface area contributed by atoms with Gasteiger partial charge in [-0.2, -0.15) is 5.10 Å². The average Bonchev–Trinajstić information content (AvgIpc) is 3.27. The Morgan fingerprint density at radius 3 is 2.38 bits per heavy atom. The molecule has 0 radical (unpaired) electrons. The predicted molar refractivity (Wildman–Crippen MR) is 134 cm³/mol. The van der Waals surface area contributed by atoms with Gasteiger partial charge in [0.2, 0.25) is 5.88 Å². The highest BCUT2D eigenvalue weighted by Gasteiger charge is 2.21. The summed E-state index contributed by atoms with van der Waals surface area (Å²) in [6.07, 6.45) is 2.75. The summed E-state index contributed by atoms with van der Waals surface area (Å²) >= 11 is 0. The van der Waals surface area contributed by atoms with Gasteiger partial charge in [-0.1, -0.05) is 0 Å². The van der Waals surface area contributed by atoms with Gasteiger partial charge in [0.05, 0.1) is 16.9 Å². The van der Waals surface area contributed by atoms with Gasteiger partial charge in [-0.05, 0) is 42.5 Å². The number of methoxy groups -OCH3 is 1. The van der Waals surface area contributed by atoms with Gasteiger partial charge >= 0.3 is 0 Å². The first-order valence-electron chi connectivity index (χ1n) is 10.7. The SMILES string of the molecule is COc1ccc([N+](=O)[O-])c(-c2cc(Oc3ccc(S(C)(=O)=O)cc3)cc(C(=O)Nc3ccn(C)n3)c2)n1. The molecule has 0 aliphatic rings. The molecule has 0 spiro atoms. The highest BCUT2D eigenvalue weighted by atomic mass is 32.2. The molecule has 0 bridgehead atoms. The molecule has 2 heterocycles. The maximum atomic E-state index is 13.0. The summed E-state index contributed by atoms with van der Waals surface area (Å²) in [5.74, 6) is 0.358. The number of hydrogen-bond donors (Lipinski definition) is 1. The minimum absolute atomic E-state index is 0.0332. The molecule has 12 nitrogen and oxygen atoms in total. The van der Waals surface area contributed by atoms with Crippen LogP contribution in [-0.2, 0) is 16.9 Å². The molecule has 4 aromatic rings. The third kappa shape index (κ3) is 5.90. The van der Waals surface area contributed by atoms with Crippen LogP contribution in [0.4, 0.5) is 11.5 Å². The zero-order chi connectivity index (χ0) is 26.7. The lowest BCUT2D eigenvalue weighted by molar-refractivity contribution is -0.384. The van der Waals surface area contributed by atoms with E-state index in [2.05, 4.69) is 15.4 Å². The number of nitrogens with zero attached hydrogens (tertiary/aromatic N) is 4. The lowest BCUT2D eigenvalue weighted by Gasteiger charge is -2.12. The minimum atomic E-state index is -3.40. The monoisotopic (exact) mass is 523 g/mol. The van der Waals surface area contributed by atoms with Crippen LogP contribution < -0.4 is 14.8 Å². The van der Waals surface area contributed by atoms with Crippen molar-refractivity contribution in [2.45, 2.75) is 4.90 Å². The van der Waals surface area contributed by atoms with E-state index in [0.29, 0.717) is 5.82 Å². The zero-order valence-electron chi connectivity index (χ0n) is 19.9. The van der Waals surface area contributed by atoms with Gasteiger partial charge in [-0.25, -0.2) is 13.4 Å². The fraction of sp³-hybridized carbons (Fsp3) is 0.125. The van der Waals surface area contributed by atoms with Crippen molar-refractivity contribution in [3.63, 3.8) is 0 Å². The van der Waals surface area contributed by atoms with Crippen molar-refractivity contribution in [3.8, 4) is 28.6 Å². The number of carbonyl (C=O) groups excluding carboxylic acids is 1. The second-order valence-electron chi connectivity index (χ2n) is 7.90. The highest BCUT2D eigenvalue weighted by molar-refractivity contribution is 7.90. The summed E-state index contributed by atoms with van der Waals surface area (Å²) < 4.78 is 36.0. The maximum absolute atomic E-state index is 13.0. The van der Waals surface area contributed by atoms with Gasteiger partial charge in [-0.15, -0.1) is 0 Å². The van der Waals surface area contributed by atoms with E-state index in [9.17, 15) is 23.3 Å². The van der Waals surface area contributed by atoms with Crippen molar-refractivity contribution in [1.29, 1.82) is 0 Å². The number of nitrogens with one attached hydrogen (secondary N) is 1. The Hall–Kier alpha value is -4.78. The van der Waals surface area contributed by atoms with Crippen molar-refractivity contribution in [2.24, 2.45) is 7.05 Å². The number of hydrogen-bond acceptors (Lipinski definition) is 9. The standard InChI is InChI=1S/C24H21N5O7S/c1-28-11-10-21(27-28)25-24(30)16-12-15(23-20(29(31)32)8-9-22(26-23)35-2)13-18(14-16)36-17-4-6-19(7-5-17)37(3,33)34/h4-14H,1-3H3,(H,25,27,30). The molecule has 37 heavy (non-hydrogen) atoms. The number of aromatic nitrogens is 3. The van der Waals surface area contributed by atoms with Gasteiger partial charge < -0.3 is 14.8 Å². The molecule has 2 aromatic heterocycles. The van der Waals surface area contributed by atoms with Gasteiger partial charge in [0, 0.05) is 48.8 Å². The van der Waals surface area contributed by atoms with Crippen LogP contribution in [0.2, 0.25) is 0 Å². The Balaban J connectivity index is 1.79. The van der Waals surface area contributed by atoms with Crippen molar-refractivity contribution < 1.29 is 27.6 Å². The van der Waals surface area contributed by atoms with E-state index in [1.807, 2.05) is 0 Å². The molecule has 190 valence electrons. The van der Waals surface area contributed by atoms with Crippen molar-refractivity contribution in [3.05, 3.63) is 82.5 Å². The molecule has 1 amide bonds. The van der Waals surface area contributed by atoms with E-state index in [1.54, 1.807) is 19.3 Å². The van der Waals surface area contributed by atoms with Crippen LogP contribution in [0.3, 0.4) is 0 Å². The quantitative estimate of drug-likeness (QED) is 0.268. The molecule has 0 aliphatic carbocycles. The molecule has 0 fully saturated rings. The summed E-state index contributed by atoms with van der Waals surface area (Å²) in [5.41, 5.74) is 0.00695. The van der Waals surface area contributed by atoms with Gasteiger partial charge in [0.1, 0.15) is 11.5 Å². The molecule has 0 atom stereocenters. The first kappa shape index (κ1) is 25.3. The maximum Gasteiger partial charge on any atom is 0.295 e. The molecule has 4 rings (SSSR count). The minimum Gasteiger partial charge on any atom is -0.481 e. The fourth-order valence-electron chi connectivity index (χ4n) is 3.39. The number of ether oxygens (including phenoxy) is 2. The fourth-order valence-corrected chi connectivity index (χ4v) is 4.02. The first-order valence-corrected chi connectivity index (χ1v) is 12.6. The summed E-state index contributed by atoms with van der Waals surface area (Å²) in [4.78, 5) is 28.5. The second-order valence-corrected chi connectivity index (χ2v) is 9.91. The number of anilines is 1. The van der Waals surface area contributed by atoms with Gasteiger partial charge in [0.25, 0.3) is 11.6 Å². The highest BCUT2D eigenvalue weighted by Crippen LogP contribution is 2.35. The van der Waals surface area contributed by atoms with Crippen LogP contribution in [0, 0.1) is 10.1 Å². The van der Waals surface area contributed by atoms with E-state index < -0.39 is 20.7 Å². The largest absolute Gasteiger partial charge is 0.481 e. The molecule has 13 heteroatoms. The van der Waals surface area contributed by atoms with Crippen LogP contribution in [0.5, 0.6) is 17.4 Å². The summed E-state index contributed by atoms with van der Waals surface area (Å²) in [7, 11) is -0.323. The Bertz CT molecular complexity index is 1600. The molecule has 2 aromatic carbocycles. The average molecular weight is 524 g/mol. The van der Waals surface area contributed by atoms with E-state index in [-0.39, 0.29) is 44.8 Å². The van der Waals surface area contributed by atoms with Crippen LogP contribution >= 0.6 is 0 Å². The first-order chi connectivity index (χ1) is 17.5. The van der Waals surface area contributed by atoms with E-state index in [4.69, 9.17) is 9.47 Å². The van der Waals surface area contributed by atoms with Crippen LogP contribution in [0.25, 0.3) is 11.3 Å². The van der Waals surface area contributed by atoms with Crippen molar-refractivity contribution >= 4 is 27.2 Å². The van der Waals surface area contributed by atoms with E-state index in [0.717, 1.165) is 6.26 Å². The number of nitro groups is 1. The normalized spacial score (nSPS) is 11.1. The van der Waals surface area contributed by atoms with E-state index in [1.165, 1.54) is 66.4 Å². The van der Waals surface area contributed by atoms with Crippen LogP contribution in [0.1, 0.15) is 10.4 Å². The Kier molecular flexibility index (Phi) is 6.89. The topological polar surface area (TPSA) is 156 Å². The number of rotatable bonds is 8. The van der Waals surface area contributed by atoms with Crippen LogP contribution in [0.15, 0.2) is 71.8 Å². The molecule has 0 aliphatic heterocycles. The summed E-state index contributed by atoms with van der Waals surface area (Å²) in [6, 6.07) is 14.3. The Morgan fingerprint density at radius 2 is 1.78 bits per heavy atom. The number of sulfone groups is 1. The predicted octanol–water partition coefficient (Wildman–Crippen LogP) is 3.85. The lowest BCUT2D eigenvalue weighted by Crippen LogP contribution is -2.13. The van der Waals surface area contributed by atoms with E-state index >= 15 is 0 Å². The van der Waals surface area contributed by atoms with Crippen molar-refractivity contribution in [2.75, 3.05) is 18.7 Å². The number of amides is 1. The number of aryl methyl sites for hydroxylation is 1. The smallest absolute Gasteiger partial charge is 0.295 e. The lowest BCUT2D eigenvalue weighted by atomic mass is 10.0. The molecule has 0 unspecified atom stereocenters. The third-order valence-corrected chi connectivity index (χ3v) is 6.27. The summed E-state index contributed by atoms with van der Waals surface area (Å²) in [6.45, 7) is 0. The van der Waals surface area contributed by atoms with Gasteiger partial charge in [-0.3, -0.25) is 19.6 Å². The van der Waals surface area contributed by atoms with Crippen LogP contribution in [-0.4, -0.2) is 47.4 Å². The molecule has 0 saturated heterocycles. The Labute approximate surface area is 211 Å². The molecule has 1 N–H and O–H groups in total.